The molecule has 1 atom stereocenters. The minimum absolute atomic E-state index is 0.664. The highest BCUT2D eigenvalue weighted by Crippen LogP contribution is 2.11. The minimum atomic E-state index is 0.664. The lowest BCUT2D eigenvalue weighted by Crippen LogP contribution is -1.87. The first-order valence-corrected chi connectivity index (χ1v) is 5.26. The van der Waals surface area contributed by atoms with E-state index in [4.69, 9.17) is 5.73 Å². The highest BCUT2D eigenvalue weighted by molar-refractivity contribution is 5.53. The van der Waals surface area contributed by atoms with E-state index in [2.05, 4.69) is 26.0 Å². The van der Waals surface area contributed by atoms with Gasteiger partial charge in [0.2, 0.25) is 0 Å². The number of anilines is 1. The van der Waals surface area contributed by atoms with Crippen molar-refractivity contribution in [1.82, 2.24) is 0 Å². The molecule has 0 saturated carbocycles. The summed E-state index contributed by atoms with van der Waals surface area (Å²) in [5.41, 5.74) is 7.65. The van der Waals surface area contributed by atoms with Crippen LogP contribution < -0.4 is 5.73 Å². The lowest BCUT2D eigenvalue weighted by atomic mass is 10.0. The molecule has 1 nitrogen and oxygen atoms in total. The van der Waals surface area contributed by atoms with Gasteiger partial charge in [0.05, 0.1) is 0 Å². The lowest BCUT2D eigenvalue weighted by molar-refractivity contribution is 0.636. The van der Waals surface area contributed by atoms with Crippen LogP contribution in [0.5, 0.6) is 0 Å². The van der Waals surface area contributed by atoms with Gasteiger partial charge >= 0.3 is 0 Å². The van der Waals surface area contributed by atoms with E-state index in [0.29, 0.717) is 5.92 Å². The first kappa shape index (κ1) is 10.8. The van der Waals surface area contributed by atoms with Crippen molar-refractivity contribution < 1.29 is 0 Å². The predicted octanol–water partition coefficient (Wildman–Crippen LogP) is 3.72. The lowest BCUT2D eigenvalue weighted by Gasteiger charge is -2.02. The smallest absolute Gasteiger partial charge is 0.0314 e. The molecule has 14 heavy (non-hydrogen) atoms. The van der Waals surface area contributed by atoms with Gasteiger partial charge in [-0.1, -0.05) is 44.6 Å². The second-order valence-electron chi connectivity index (χ2n) is 3.79. The zero-order valence-electron chi connectivity index (χ0n) is 9.03. The molecular formula is C13H19N. The van der Waals surface area contributed by atoms with E-state index < -0.39 is 0 Å². The molecule has 1 rings (SSSR count). The topological polar surface area (TPSA) is 26.0 Å². The van der Waals surface area contributed by atoms with Crippen LogP contribution >= 0.6 is 0 Å². The Morgan fingerprint density at radius 2 is 1.93 bits per heavy atom. The van der Waals surface area contributed by atoms with Crippen LogP contribution in [0.3, 0.4) is 0 Å². The third-order valence-corrected chi connectivity index (χ3v) is 2.30. The van der Waals surface area contributed by atoms with E-state index in [0.717, 1.165) is 5.69 Å². The summed E-state index contributed by atoms with van der Waals surface area (Å²) in [5, 5.41) is 0. The molecule has 1 unspecified atom stereocenters. The van der Waals surface area contributed by atoms with Crippen molar-refractivity contribution in [2.75, 3.05) is 5.73 Å². The molecule has 0 fully saturated rings. The van der Waals surface area contributed by atoms with E-state index in [-0.39, 0.29) is 0 Å². The Labute approximate surface area is 86.6 Å². The average Bonchev–Trinajstić information content (AvgIpc) is 2.17. The van der Waals surface area contributed by atoms with Crippen molar-refractivity contribution in [2.24, 2.45) is 5.92 Å². The average molecular weight is 189 g/mol. The van der Waals surface area contributed by atoms with Crippen molar-refractivity contribution >= 4 is 11.8 Å². The maximum absolute atomic E-state index is 5.61. The summed E-state index contributed by atoms with van der Waals surface area (Å²) < 4.78 is 0. The van der Waals surface area contributed by atoms with Gasteiger partial charge < -0.3 is 5.73 Å². The minimum Gasteiger partial charge on any atom is -0.399 e. The summed E-state index contributed by atoms with van der Waals surface area (Å²) in [5.74, 6) is 0.664. The van der Waals surface area contributed by atoms with Crippen LogP contribution in [-0.4, -0.2) is 0 Å². The van der Waals surface area contributed by atoms with Gasteiger partial charge in [-0.15, -0.1) is 0 Å². The van der Waals surface area contributed by atoms with E-state index in [9.17, 15) is 0 Å². The fourth-order valence-corrected chi connectivity index (χ4v) is 1.43. The van der Waals surface area contributed by atoms with Crippen LogP contribution in [0.15, 0.2) is 30.3 Å². The fourth-order valence-electron chi connectivity index (χ4n) is 1.43. The molecule has 1 aromatic rings. The first-order valence-electron chi connectivity index (χ1n) is 5.26. The third kappa shape index (κ3) is 3.65. The number of hydrogen-bond acceptors (Lipinski definition) is 1. The molecule has 76 valence electrons. The third-order valence-electron chi connectivity index (χ3n) is 2.30. The van der Waals surface area contributed by atoms with Crippen LogP contribution in [0.2, 0.25) is 0 Å². The number of allylic oxidation sites excluding steroid dienone is 1. The van der Waals surface area contributed by atoms with Gasteiger partial charge in [0.15, 0.2) is 0 Å². The van der Waals surface area contributed by atoms with Gasteiger partial charge in [0.25, 0.3) is 0 Å². The second kappa shape index (κ2) is 5.48. The Kier molecular flexibility index (Phi) is 4.24. The van der Waals surface area contributed by atoms with Gasteiger partial charge in [-0.2, -0.15) is 0 Å². The van der Waals surface area contributed by atoms with Crippen molar-refractivity contribution in [3.63, 3.8) is 0 Å². The molecule has 0 aliphatic rings. The summed E-state index contributed by atoms with van der Waals surface area (Å²) >= 11 is 0. The first-order chi connectivity index (χ1) is 6.72. The van der Waals surface area contributed by atoms with Crippen molar-refractivity contribution in [3.8, 4) is 0 Å². The Morgan fingerprint density at radius 3 is 2.50 bits per heavy atom. The molecule has 0 aromatic heterocycles. The predicted molar refractivity (Wildman–Crippen MR) is 64.0 cm³/mol. The summed E-state index contributed by atoms with van der Waals surface area (Å²) in [6, 6.07) is 7.96. The van der Waals surface area contributed by atoms with Crippen LogP contribution in [0.4, 0.5) is 5.69 Å². The van der Waals surface area contributed by atoms with Crippen LogP contribution in [-0.2, 0) is 0 Å². The normalized spacial score (nSPS) is 13.3. The van der Waals surface area contributed by atoms with Crippen LogP contribution in [0.25, 0.3) is 6.08 Å². The van der Waals surface area contributed by atoms with Gasteiger partial charge in [0.1, 0.15) is 0 Å². The monoisotopic (exact) mass is 189 g/mol. The molecule has 1 aromatic carbocycles. The van der Waals surface area contributed by atoms with Crippen molar-refractivity contribution in [3.05, 3.63) is 35.9 Å². The van der Waals surface area contributed by atoms with E-state index in [1.807, 2.05) is 24.3 Å². The van der Waals surface area contributed by atoms with Gasteiger partial charge in [0, 0.05) is 5.69 Å². The Hall–Kier alpha value is -1.24. The Balaban J connectivity index is 2.55. The highest BCUT2D eigenvalue weighted by atomic mass is 14.5. The fraction of sp³-hybridized carbons (Fsp3) is 0.385. The SMILES string of the molecule is CCCC(C)C=Cc1ccc(N)cc1. The molecule has 0 spiro atoms. The zero-order valence-corrected chi connectivity index (χ0v) is 9.03. The molecule has 0 aliphatic heterocycles. The molecule has 0 bridgehead atoms. The van der Waals surface area contributed by atoms with Gasteiger partial charge in [-0.05, 0) is 30.0 Å². The van der Waals surface area contributed by atoms with Crippen molar-refractivity contribution in [1.29, 1.82) is 0 Å². The van der Waals surface area contributed by atoms with E-state index in [1.165, 1.54) is 18.4 Å². The molecule has 1 heteroatoms. The summed E-state index contributed by atoms with van der Waals surface area (Å²) in [6.45, 7) is 4.46. The Morgan fingerprint density at radius 1 is 1.29 bits per heavy atom. The Bertz CT molecular complexity index is 285. The van der Waals surface area contributed by atoms with Crippen LogP contribution in [0.1, 0.15) is 32.3 Å². The van der Waals surface area contributed by atoms with E-state index >= 15 is 0 Å². The molecule has 0 saturated heterocycles. The number of nitrogens with two attached hydrogens (primary N) is 1. The summed E-state index contributed by atoms with van der Waals surface area (Å²) in [4.78, 5) is 0. The second-order valence-corrected chi connectivity index (χ2v) is 3.79. The summed E-state index contributed by atoms with van der Waals surface area (Å²) in [6.07, 6.45) is 6.92. The number of hydrogen-bond donors (Lipinski definition) is 1. The molecular weight excluding hydrogens is 170 g/mol. The number of rotatable bonds is 4. The largest absolute Gasteiger partial charge is 0.399 e. The zero-order chi connectivity index (χ0) is 10.4. The maximum Gasteiger partial charge on any atom is 0.0314 e. The number of benzene rings is 1. The van der Waals surface area contributed by atoms with Crippen molar-refractivity contribution in [2.45, 2.75) is 26.7 Å². The molecule has 0 radical (unpaired) electrons. The van der Waals surface area contributed by atoms with Gasteiger partial charge in [-0.25, -0.2) is 0 Å². The maximum atomic E-state index is 5.61. The number of nitrogen functional groups attached to an aromatic ring is 1. The van der Waals surface area contributed by atoms with Crippen LogP contribution in [0, 0.1) is 5.92 Å². The quantitative estimate of drug-likeness (QED) is 0.718. The standard InChI is InChI=1S/C13H19N/c1-3-4-11(2)5-6-12-7-9-13(14)10-8-12/h5-11H,3-4,14H2,1-2H3. The molecule has 0 amide bonds. The molecule has 0 aliphatic carbocycles. The highest BCUT2D eigenvalue weighted by Gasteiger charge is 1.93. The van der Waals surface area contributed by atoms with Gasteiger partial charge in [-0.3, -0.25) is 0 Å². The molecule has 0 heterocycles. The van der Waals surface area contributed by atoms with E-state index in [1.54, 1.807) is 0 Å². The summed E-state index contributed by atoms with van der Waals surface area (Å²) in [7, 11) is 0. The molecule has 2 N–H and O–H groups in total.